The maximum Gasteiger partial charge on any atom is 0.281 e. The monoisotopic (exact) mass is 353 g/mol. The SMILES string of the molecule is Cn1cnc(S(=O)(=O)Nc2ccc(S(=O)(=O)Cl)cc2F)c1. The zero-order valence-electron chi connectivity index (χ0n) is 10.5. The maximum atomic E-state index is 13.8. The number of benzene rings is 1. The molecule has 1 aromatic carbocycles. The van der Waals surface area contributed by atoms with Crippen LogP contribution in [0.3, 0.4) is 0 Å². The summed E-state index contributed by atoms with van der Waals surface area (Å²) in [6, 6.07) is 2.57. The van der Waals surface area contributed by atoms with Gasteiger partial charge in [-0.2, -0.15) is 8.42 Å². The molecule has 0 aliphatic carbocycles. The number of nitrogens with zero attached hydrogens (tertiary/aromatic N) is 2. The van der Waals surface area contributed by atoms with Crippen LogP contribution in [0.4, 0.5) is 10.1 Å². The number of sulfonamides is 1. The predicted octanol–water partition coefficient (Wildman–Crippen LogP) is 1.29. The van der Waals surface area contributed by atoms with E-state index < -0.39 is 35.5 Å². The average Bonchev–Trinajstić information content (AvgIpc) is 2.78. The first-order chi connectivity index (χ1) is 9.59. The largest absolute Gasteiger partial charge is 0.339 e. The summed E-state index contributed by atoms with van der Waals surface area (Å²) in [6.07, 6.45) is 2.51. The van der Waals surface area contributed by atoms with Crippen LogP contribution >= 0.6 is 10.7 Å². The van der Waals surface area contributed by atoms with Crippen molar-refractivity contribution < 1.29 is 21.2 Å². The molecule has 0 fully saturated rings. The van der Waals surface area contributed by atoms with Crippen molar-refractivity contribution in [3.8, 4) is 0 Å². The lowest BCUT2D eigenvalue weighted by atomic mass is 10.3. The molecule has 0 atom stereocenters. The van der Waals surface area contributed by atoms with E-state index >= 15 is 0 Å². The Bertz CT molecular complexity index is 893. The number of rotatable bonds is 4. The van der Waals surface area contributed by atoms with Crippen molar-refractivity contribution in [1.29, 1.82) is 0 Å². The maximum absolute atomic E-state index is 13.8. The van der Waals surface area contributed by atoms with Gasteiger partial charge in [0.1, 0.15) is 5.82 Å². The van der Waals surface area contributed by atoms with Gasteiger partial charge < -0.3 is 4.57 Å². The van der Waals surface area contributed by atoms with E-state index in [1.807, 2.05) is 4.72 Å². The molecule has 2 rings (SSSR count). The van der Waals surface area contributed by atoms with Crippen molar-refractivity contribution in [1.82, 2.24) is 9.55 Å². The van der Waals surface area contributed by atoms with Gasteiger partial charge in [-0.05, 0) is 18.2 Å². The molecule has 0 radical (unpaired) electrons. The van der Waals surface area contributed by atoms with Gasteiger partial charge >= 0.3 is 0 Å². The summed E-state index contributed by atoms with van der Waals surface area (Å²) in [5.41, 5.74) is -0.412. The van der Waals surface area contributed by atoms with E-state index in [-0.39, 0.29) is 5.03 Å². The highest BCUT2D eigenvalue weighted by Crippen LogP contribution is 2.23. The van der Waals surface area contributed by atoms with E-state index in [9.17, 15) is 21.2 Å². The molecule has 11 heteroatoms. The Labute approximate surface area is 124 Å². The van der Waals surface area contributed by atoms with Crippen molar-refractivity contribution in [2.24, 2.45) is 7.05 Å². The van der Waals surface area contributed by atoms with Gasteiger partial charge in [0.2, 0.25) is 0 Å². The van der Waals surface area contributed by atoms with Gasteiger partial charge in [0.15, 0.2) is 5.03 Å². The topological polar surface area (TPSA) is 98.1 Å². The van der Waals surface area contributed by atoms with Crippen LogP contribution in [-0.2, 0) is 26.1 Å². The summed E-state index contributed by atoms with van der Waals surface area (Å²) < 4.78 is 63.2. The summed E-state index contributed by atoms with van der Waals surface area (Å²) in [5.74, 6) is -1.07. The molecule has 1 N–H and O–H groups in total. The van der Waals surface area contributed by atoms with Crippen LogP contribution in [0.25, 0.3) is 0 Å². The number of aryl methyl sites for hydroxylation is 1. The van der Waals surface area contributed by atoms with E-state index in [0.717, 1.165) is 12.1 Å². The molecule has 0 aliphatic rings. The normalized spacial score (nSPS) is 12.3. The van der Waals surface area contributed by atoms with Crippen molar-refractivity contribution in [3.05, 3.63) is 36.5 Å². The third-order valence-electron chi connectivity index (χ3n) is 2.42. The third kappa shape index (κ3) is 3.52. The molecule has 0 unspecified atom stereocenters. The smallest absolute Gasteiger partial charge is 0.281 e. The molecule has 1 heterocycles. The summed E-state index contributed by atoms with van der Waals surface area (Å²) in [4.78, 5) is 3.17. The van der Waals surface area contributed by atoms with E-state index in [0.29, 0.717) is 6.07 Å². The fourth-order valence-electron chi connectivity index (χ4n) is 1.45. The molecule has 1 aromatic heterocycles. The van der Waals surface area contributed by atoms with E-state index in [2.05, 4.69) is 4.98 Å². The van der Waals surface area contributed by atoms with Crippen LogP contribution in [0.5, 0.6) is 0 Å². The molecule has 114 valence electrons. The quantitative estimate of drug-likeness (QED) is 0.835. The standard InChI is InChI=1S/C10H9ClFN3O4S2/c1-15-5-10(13-6-15)21(18,19)14-9-3-2-7(4-8(9)12)20(11,16)17/h2-6,14H,1H3. The Balaban J connectivity index is 2.36. The second-order valence-corrected chi connectivity index (χ2v) is 8.26. The van der Waals surface area contributed by atoms with Gasteiger partial charge in [0.05, 0.1) is 16.9 Å². The van der Waals surface area contributed by atoms with Gasteiger partial charge in [-0.1, -0.05) is 0 Å². The highest BCUT2D eigenvalue weighted by Gasteiger charge is 2.20. The van der Waals surface area contributed by atoms with E-state index in [1.165, 1.54) is 17.1 Å². The van der Waals surface area contributed by atoms with Crippen molar-refractivity contribution in [2.75, 3.05) is 4.72 Å². The summed E-state index contributed by atoms with van der Waals surface area (Å²) in [5, 5.41) is -0.293. The Morgan fingerprint density at radius 3 is 2.43 bits per heavy atom. The lowest BCUT2D eigenvalue weighted by molar-refractivity contribution is 0.595. The first kappa shape index (κ1) is 15.7. The molecule has 2 aromatic rings. The zero-order chi connectivity index (χ0) is 15.8. The lowest BCUT2D eigenvalue weighted by Gasteiger charge is -2.07. The molecule has 7 nitrogen and oxygen atoms in total. The Morgan fingerprint density at radius 1 is 1.29 bits per heavy atom. The van der Waals surface area contributed by atoms with Gasteiger partial charge in [0.25, 0.3) is 19.1 Å². The lowest BCUT2D eigenvalue weighted by Crippen LogP contribution is -2.14. The van der Waals surface area contributed by atoms with Crippen LogP contribution in [0.1, 0.15) is 0 Å². The number of hydrogen-bond donors (Lipinski definition) is 1. The molecular weight excluding hydrogens is 345 g/mol. The van der Waals surface area contributed by atoms with Crippen LogP contribution in [-0.4, -0.2) is 26.4 Å². The van der Waals surface area contributed by atoms with Crippen LogP contribution in [0.2, 0.25) is 0 Å². The number of halogens is 2. The summed E-state index contributed by atoms with van der Waals surface area (Å²) in [7, 11) is -1.52. The van der Waals surface area contributed by atoms with Gasteiger partial charge in [-0.3, -0.25) is 4.72 Å². The summed E-state index contributed by atoms with van der Waals surface area (Å²) >= 11 is 0. The second-order valence-electron chi connectivity index (χ2n) is 4.06. The zero-order valence-corrected chi connectivity index (χ0v) is 12.9. The molecule has 0 saturated carbocycles. The van der Waals surface area contributed by atoms with Crippen LogP contribution in [0.15, 0.2) is 40.6 Å². The molecule has 0 aliphatic heterocycles. The minimum atomic E-state index is -4.10. The number of hydrogen-bond acceptors (Lipinski definition) is 5. The Hall–Kier alpha value is -1.65. The molecule has 21 heavy (non-hydrogen) atoms. The highest BCUT2D eigenvalue weighted by atomic mass is 35.7. The molecule has 0 bridgehead atoms. The van der Waals surface area contributed by atoms with Crippen molar-refractivity contribution in [3.63, 3.8) is 0 Å². The third-order valence-corrected chi connectivity index (χ3v) is 5.02. The molecular formula is C10H9ClFN3O4S2. The minimum Gasteiger partial charge on any atom is -0.339 e. The van der Waals surface area contributed by atoms with E-state index in [1.54, 1.807) is 7.05 Å². The van der Waals surface area contributed by atoms with Crippen LogP contribution in [0, 0.1) is 5.82 Å². The molecule has 0 spiro atoms. The first-order valence-electron chi connectivity index (χ1n) is 5.34. The van der Waals surface area contributed by atoms with Crippen molar-refractivity contribution >= 4 is 35.4 Å². The molecule has 0 amide bonds. The fourth-order valence-corrected chi connectivity index (χ4v) is 3.27. The van der Waals surface area contributed by atoms with E-state index in [4.69, 9.17) is 10.7 Å². The first-order valence-corrected chi connectivity index (χ1v) is 9.14. The average molecular weight is 354 g/mol. The summed E-state index contributed by atoms with van der Waals surface area (Å²) in [6.45, 7) is 0. The van der Waals surface area contributed by atoms with Gasteiger partial charge in [0, 0.05) is 23.9 Å². The molecule has 0 saturated heterocycles. The minimum absolute atomic E-state index is 0.293. The fraction of sp³-hybridized carbons (Fsp3) is 0.100. The van der Waals surface area contributed by atoms with Gasteiger partial charge in [-0.15, -0.1) is 0 Å². The second kappa shape index (κ2) is 5.28. The Kier molecular flexibility index (Phi) is 3.95. The van der Waals surface area contributed by atoms with Crippen molar-refractivity contribution in [2.45, 2.75) is 9.92 Å². The Morgan fingerprint density at radius 2 is 1.95 bits per heavy atom. The van der Waals surface area contributed by atoms with Gasteiger partial charge in [-0.25, -0.2) is 17.8 Å². The number of imidazole rings is 1. The highest BCUT2D eigenvalue weighted by molar-refractivity contribution is 8.13. The number of anilines is 1. The number of aromatic nitrogens is 2. The number of nitrogens with one attached hydrogen (secondary N) is 1. The van der Waals surface area contributed by atoms with Crippen LogP contribution < -0.4 is 4.72 Å². The predicted molar refractivity (Wildman–Crippen MR) is 73.5 cm³/mol.